The highest BCUT2D eigenvalue weighted by atomic mass is 16.5. The molecule has 1 unspecified atom stereocenters. The van der Waals surface area contributed by atoms with E-state index in [2.05, 4.69) is 49.5 Å². The molecule has 1 N–H and O–H groups in total. The average Bonchev–Trinajstić information content (AvgIpc) is 2.53. The molecular formula is C19H25NO2. The van der Waals surface area contributed by atoms with Gasteiger partial charge in [0, 0.05) is 25.3 Å². The lowest BCUT2D eigenvalue weighted by Gasteiger charge is -2.18. The molecular weight excluding hydrogens is 274 g/mol. The normalized spacial score (nSPS) is 12.1. The third-order valence-corrected chi connectivity index (χ3v) is 3.63. The van der Waals surface area contributed by atoms with Gasteiger partial charge in [-0.15, -0.1) is 0 Å². The summed E-state index contributed by atoms with van der Waals surface area (Å²) in [5.74, 6) is 0.920. The fraction of sp³-hybridized carbons (Fsp3) is 0.368. The predicted molar refractivity (Wildman–Crippen MR) is 90.2 cm³/mol. The van der Waals surface area contributed by atoms with Crippen molar-refractivity contribution >= 4 is 0 Å². The standard InChI is InChI=1S/C19H25NO2/c1-15-7-6-8-17(13-15)14-20-16(2)18-9-4-5-10-19(18)22-12-11-21-3/h4-10,13,16,20H,11-12,14H2,1-3H3. The monoisotopic (exact) mass is 299 g/mol. The van der Waals surface area contributed by atoms with E-state index in [4.69, 9.17) is 9.47 Å². The molecule has 22 heavy (non-hydrogen) atoms. The lowest BCUT2D eigenvalue weighted by Crippen LogP contribution is -2.19. The molecule has 3 heteroatoms. The Morgan fingerprint density at radius 1 is 1.05 bits per heavy atom. The predicted octanol–water partition coefficient (Wildman–Crippen LogP) is 3.87. The maximum atomic E-state index is 5.80. The van der Waals surface area contributed by atoms with Crippen molar-refractivity contribution in [3.63, 3.8) is 0 Å². The van der Waals surface area contributed by atoms with E-state index in [9.17, 15) is 0 Å². The molecule has 118 valence electrons. The van der Waals surface area contributed by atoms with Gasteiger partial charge in [0.05, 0.1) is 6.61 Å². The van der Waals surface area contributed by atoms with Gasteiger partial charge in [-0.2, -0.15) is 0 Å². The molecule has 2 aromatic carbocycles. The third kappa shape index (κ3) is 4.86. The smallest absolute Gasteiger partial charge is 0.124 e. The molecule has 0 bridgehead atoms. The molecule has 0 radical (unpaired) electrons. The Labute approximate surface area is 133 Å². The number of aryl methyl sites for hydroxylation is 1. The number of hydrogen-bond donors (Lipinski definition) is 1. The molecule has 3 nitrogen and oxygen atoms in total. The van der Waals surface area contributed by atoms with Crippen molar-refractivity contribution < 1.29 is 9.47 Å². The lowest BCUT2D eigenvalue weighted by atomic mass is 10.1. The highest BCUT2D eigenvalue weighted by molar-refractivity contribution is 5.35. The van der Waals surface area contributed by atoms with Gasteiger partial charge in [0.1, 0.15) is 12.4 Å². The van der Waals surface area contributed by atoms with E-state index in [0.29, 0.717) is 13.2 Å². The van der Waals surface area contributed by atoms with Crippen LogP contribution in [0.1, 0.15) is 29.7 Å². The summed E-state index contributed by atoms with van der Waals surface area (Å²) in [6, 6.07) is 17.0. The van der Waals surface area contributed by atoms with Gasteiger partial charge in [0.25, 0.3) is 0 Å². The number of benzene rings is 2. The maximum absolute atomic E-state index is 5.80. The van der Waals surface area contributed by atoms with Gasteiger partial charge in [-0.05, 0) is 25.5 Å². The molecule has 0 aromatic heterocycles. The van der Waals surface area contributed by atoms with Crippen LogP contribution >= 0.6 is 0 Å². The minimum absolute atomic E-state index is 0.222. The lowest BCUT2D eigenvalue weighted by molar-refractivity contribution is 0.145. The van der Waals surface area contributed by atoms with Crippen molar-refractivity contribution in [3.05, 3.63) is 65.2 Å². The Morgan fingerprint density at radius 2 is 1.86 bits per heavy atom. The Morgan fingerprint density at radius 3 is 2.64 bits per heavy atom. The zero-order valence-electron chi connectivity index (χ0n) is 13.6. The second-order valence-corrected chi connectivity index (χ2v) is 5.47. The van der Waals surface area contributed by atoms with Crippen molar-refractivity contribution in [2.45, 2.75) is 26.4 Å². The van der Waals surface area contributed by atoms with Gasteiger partial charge < -0.3 is 14.8 Å². The molecule has 0 spiro atoms. The number of methoxy groups -OCH3 is 1. The van der Waals surface area contributed by atoms with E-state index >= 15 is 0 Å². The van der Waals surface area contributed by atoms with Crippen LogP contribution in [0.3, 0.4) is 0 Å². The number of nitrogens with one attached hydrogen (secondary N) is 1. The summed E-state index contributed by atoms with van der Waals surface area (Å²) in [7, 11) is 1.68. The van der Waals surface area contributed by atoms with Crippen LogP contribution in [0.15, 0.2) is 48.5 Å². The van der Waals surface area contributed by atoms with E-state index in [0.717, 1.165) is 12.3 Å². The molecule has 0 saturated carbocycles. The van der Waals surface area contributed by atoms with Gasteiger partial charge in [0.2, 0.25) is 0 Å². The van der Waals surface area contributed by atoms with E-state index in [1.807, 2.05) is 18.2 Å². The van der Waals surface area contributed by atoms with Crippen molar-refractivity contribution in [2.24, 2.45) is 0 Å². The second-order valence-electron chi connectivity index (χ2n) is 5.47. The van der Waals surface area contributed by atoms with Crippen LogP contribution in [0.2, 0.25) is 0 Å². The van der Waals surface area contributed by atoms with Gasteiger partial charge in [-0.25, -0.2) is 0 Å². The van der Waals surface area contributed by atoms with Crippen molar-refractivity contribution in [1.29, 1.82) is 0 Å². The molecule has 2 aromatic rings. The van der Waals surface area contributed by atoms with Crippen molar-refractivity contribution in [2.75, 3.05) is 20.3 Å². The van der Waals surface area contributed by atoms with Gasteiger partial charge >= 0.3 is 0 Å². The minimum Gasteiger partial charge on any atom is -0.491 e. The van der Waals surface area contributed by atoms with Gasteiger partial charge in [0.15, 0.2) is 0 Å². The SMILES string of the molecule is COCCOc1ccccc1C(C)NCc1cccc(C)c1. The van der Waals surface area contributed by atoms with Crippen LogP contribution < -0.4 is 10.1 Å². The number of hydrogen-bond acceptors (Lipinski definition) is 3. The summed E-state index contributed by atoms with van der Waals surface area (Å²) in [5, 5.41) is 3.56. The first-order chi connectivity index (χ1) is 10.7. The summed E-state index contributed by atoms with van der Waals surface area (Å²) in [5.41, 5.74) is 3.76. The largest absolute Gasteiger partial charge is 0.491 e. The first-order valence-electron chi connectivity index (χ1n) is 7.70. The molecule has 0 fully saturated rings. The fourth-order valence-corrected chi connectivity index (χ4v) is 2.41. The van der Waals surface area contributed by atoms with E-state index in [1.165, 1.54) is 16.7 Å². The first-order valence-corrected chi connectivity index (χ1v) is 7.70. The Bertz CT molecular complexity index is 583. The number of para-hydroxylation sites is 1. The molecule has 0 aliphatic carbocycles. The van der Waals surface area contributed by atoms with Crippen LogP contribution in [0.25, 0.3) is 0 Å². The van der Waals surface area contributed by atoms with E-state index < -0.39 is 0 Å². The number of ether oxygens (including phenoxy) is 2. The van der Waals surface area contributed by atoms with Crippen LogP contribution in [0.4, 0.5) is 0 Å². The van der Waals surface area contributed by atoms with Crippen molar-refractivity contribution in [3.8, 4) is 5.75 Å². The molecule has 0 heterocycles. The first kappa shape index (κ1) is 16.5. The zero-order chi connectivity index (χ0) is 15.8. The highest BCUT2D eigenvalue weighted by Gasteiger charge is 2.10. The van der Waals surface area contributed by atoms with E-state index in [1.54, 1.807) is 7.11 Å². The zero-order valence-corrected chi connectivity index (χ0v) is 13.6. The Balaban J connectivity index is 1.98. The van der Waals surface area contributed by atoms with Crippen LogP contribution in [0, 0.1) is 6.92 Å². The summed E-state index contributed by atoms with van der Waals surface area (Å²) in [4.78, 5) is 0. The summed E-state index contributed by atoms with van der Waals surface area (Å²) < 4.78 is 10.8. The molecule has 0 aliphatic rings. The molecule has 0 saturated heterocycles. The van der Waals surface area contributed by atoms with Crippen molar-refractivity contribution in [1.82, 2.24) is 5.32 Å². The summed E-state index contributed by atoms with van der Waals surface area (Å²) in [6.45, 7) is 6.28. The quantitative estimate of drug-likeness (QED) is 0.751. The van der Waals surface area contributed by atoms with Gasteiger partial charge in [-0.1, -0.05) is 48.0 Å². The fourth-order valence-electron chi connectivity index (χ4n) is 2.41. The second kappa shape index (κ2) is 8.57. The maximum Gasteiger partial charge on any atom is 0.124 e. The highest BCUT2D eigenvalue weighted by Crippen LogP contribution is 2.25. The molecule has 1 atom stereocenters. The topological polar surface area (TPSA) is 30.5 Å². The average molecular weight is 299 g/mol. The van der Waals surface area contributed by atoms with Crippen LogP contribution in [0.5, 0.6) is 5.75 Å². The van der Waals surface area contributed by atoms with Crippen LogP contribution in [-0.4, -0.2) is 20.3 Å². The third-order valence-electron chi connectivity index (χ3n) is 3.63. The van der Waals surface area contributed by atoms with Gasteiger partial charge in [-0.3, -0.25) is 0 Å². The Kier molecular flexibility index (Phi) is 6.44. The summed E-state index contributed by atoms with van der Waals surface area (Å²) in [6.07, 6.45) is 0. The molecule has 2 rings (SSSR count). The van der Waals surface area contributed by atoms with Crippen LogP contribution in [-0.2, 0) is 11.3 Å². The summed E-state index contributed by atoms with van der Waals surface area (Å²) >= 11 is 0. The minimum atomic E-state index is 0.222. The number of rotatable bonds is 8. The molecule has 0 amide bonds. The van der Waals surface area contributed by atoms with E-state index in [-0.39, 0.29) is 6.04 Å². The molecule has 0 aliphatic heterocycles. The Hall–Kier alpha value is -1.84.